The SMILES string of the molecule is CCC(=O)N(CCCCCCN(C(=O)CN(CCN(C)C1CC(C)(C)NC(C)(C)C1)C1CC(C)(C)NC(C)(C)C1)C1CC(C)(C)NC(C)(C)C1)C1CC(C)(C)NC(C)(C)C1. The number of unbranched alkanes of at least 4 members (excludes halogenated alkanes) is 3. The van der Waals surface area contributed by atoms with Crippen molar-refractivity contribution >= 4 is 11.8 Å². The first kappa shape index (κ1) is 51.3. The summed E-state index contributed by atoms with van der Waals surface area (Å²) in [5.74, 6) is 0.575. The molecular weight excluding hydrogens is 745 g/mol. The summed E-state index contributed by atoms with van der Waals surface area (Å²) in [6, 6.07) is 1.27. The van der Waals surface area contributed by atoms with Crippen LogP contribution in [0.1, 0.15) is 201 Å². The maximum absolute atomic E-state index is 15.1. The Hall–Kier alpha value is -1.30. The number of nitrogens with zero attached hydrogens (tertiary/aromatic N) is 4. The Balaban J connectivity index is 1.50. The molecule has 4 fully saturated rings. The van der Waals surface area contributed by atoms with E-state index in [2.05, 4.69) is 159 Å². The zero-order chi connectivity index (χ0) is 45.3. The number of rotatable bonds is 17. The summed E-state index contributed by atoms with van der Waals surface area (Å²) in [5, 5.41) is 15.5. The number of carbonyl (C=O) groups is 2. The Morgan fingerprint density at radius 3 is 1.05 bits per heavy atom. The largest absolute Gasteiger partial charge is 0.340 e. The van der Waals surface area contributed by atoms with Gasteiger partial charge in [-0.1, -0.05) is 19.8 Å². The second-order valence-electron chi connectivity index (χ2n) is 25.7. The third kappa shape index (κ3) is 15.5. The topological polar surface area (TPSA) is 95.2 Å². The first-order valence-electron chi connectivity index (χ1n) is 24.4. The fourth-order valence-corrected chi connectivity index (χ4v) is 13.4. The normalized spacial score (nSPS) is 26.3. The van der Waals surface area contributed by atoms with E-state index in [0.29, 0.717) is 31.0 Å². The van der Waals surface area contributed by atoms with Crippen molar-refractivity contribution in [3.05, 3.63) is 0 Å². The second kappa shape index (κ2) is 19.0. The van der Waals surface area contributed by atoms with Crippen LogP contribution in [-0.2, 0) is 9.59 Å². The van der Waals surface area contributed by atoms with Crippen molar-refractivity contribution in [2.45, 2.75) is 270 Å². The van der Waals surface area contributed by atoms with Gasteiger partial charge in [-0.3, -0.25) is 14.5 Å². The highest BCUT2D eigenvalue weighted by molar-refractivity contribution is 5.79. The smallest absolute Gasteiger partial charge is 0.237 e. The number of piperidine rings is 4. The zero-order valence-corrected chi connectivity index (χ0v) is 42.6. The Morgan fingerprint density at radius 1 is 0.417 bits per heavy atom. The van der Waals surface area contributed by atoms with E-state index >= 15 is 4.79 Å². The van der Waals surface area contributed by atoms with E-state index < -0.39 is 0 Å². The molecular formula is C50H98N8O2. The molecule has 0 aromatic rings. The van der Waals surface area contributed by atoms with E-state index in [1.165, 1.54) is 0 Å². The van der Waals surface area contributed by atoms with Crippen LogP contribution in [0.2, 0.25) is 0 Å². The molecule has 4 heterocycles. The van der Waals surface area contributed by atoms with Crippen LogP contribution in [0.25, 0.3) is 0 Å². The molecule has 0 aromatic carbocycles. The van der Waals surface area contributed by atoms with Gasteiger partial charge in [0.1, 0.15) is 0 Å². The maximum atomic E-state index is 15.1. The van der Waals surface area contributed by atoms with Gasteiger partial charge in [-0.05, 0) is 182 Å². The number of hydrogen-bond donors (Lipinski definition) is 4. The summed E-state index contributed by atoms with van der Waals surface area (Å²) in [5.41, 5.74) is 0.0414. The Morgan fingerprint density at radius 2 is 0.717 bits per heavy atom. The number of hydrogen-bond acceptors (Lipinski definition) is 8. The number of carbonyl (C=O) groups excluding carboxylic acids is 2. The van der Waals surface area contributed by atoms with E-state index in [-0.39, 0.29) is 62.3 Å². The quantitative estimate of drug-likeness (QED) is 0.109. The van der Waals surface area contributed by atoms with Gasteiger partial charge < -0.3 is 36.0 Å². The average Bonchev–Trinajstić information content (AvgIpc) is 3.01. The van der Waals surface area contributed by atoms with Gasteiger partial charge in [0, 0.05) is 101 Å². The molecule has 4 rings (SSSR count). The van der Waals surface area contributed by atoms with Crippen molar-refractivity contribution in [2.75, 3.05) is 39.8 Å². The van der Waals surface area contributed by atoms with Crippen LogP contribution in [-0.4, -0.2) is 140 Å². The lowest BCUT2D eigenvalue weighted by atomic mass is 9.78. The molecule has 4 saturated heterocycles. The highest BCUT2D eigenvalue weighted by atomic mass is 16.2. The fraction of sp³-hybridized carbons (Fsp3) is 0.960. The summed E-state index contributed by atoms with van der Waals surface area (Å²) >= 11 is 0. The molecule has 0 radical (unpaired) electrons. The van der Waals surface area contributed by atoms with Gasteiger partial charge in [-0.15, -0.1) is 0 Å². The molecule has 350 valence electrons. The molecule has 60 heavy (non-hydrogen) atoms. The van der Waals surface area contributed by atoms with Crippen LogP contribution in [0.4, 0.5) is 0 Å². The van der Waals surface area contributed by atoms with Crippen LogP contribution < -0.4 is 21.3 Å². The average molecular weight is 843 g/mol. The van der Waals surface area contributed by atoms with Crippen LogP contribution in [0.5, 0.6) is 0 Å². The van der Waals surface area contributed by atoms with Crippen LogP contribution >= 0.6 is 0 Å². The number of nitrogens with one attached hydrogen (secondary N) is 4. The first-order chi connectivity index (χ1) is 27.2. The van der Waals surface area contributed by atoms with Crippen molar-refractivity contribution in [3.8, 4) is 0 Å². The maximum Gasteiger partial charge on any atom is 0.237 e. The molecule has 4 aliphatic heterocycles. The monoisotopic (exact) mass is 843 g/mol. The molecule has 10 heteroatoms. The second-order valence-corrected chi connectivity index (χ2v) is 25.7. The van der Waals surface area contributed by atoms with E-state index in [1.54, 1.807) is 0 Å². The van der Waals surface area contributed by atoms with Crippen molar-refractivity contribution in [3.63, 3.8) is 0 Å². The molecule has 0 aliphatic carbocycles. The minimum absolute atomic E-state index is 0.000253. The lowest BCUT2D eigenvalue weighted by molar-refractivity contribution is -0.138. The Labute approximate surface area is 370 Å². The highest BCUT2D eigenvalue weighted by Gasteiger charge is 2.45. The minimum Gasteiger partial charge on any atom is -0.340 e. The van der Waals surface area contributed by atoms with Gasteiger partial charge in [0.15, 0.2) is 0 Å². The van der Waals surface area contributed by atoms with Gasteiger partial charge in [-0.25, -0.2) is 0 Å². The van der Waals surface area contributed by atoms with E-state index in [4.69, 9.17) is 0 Å². The summed E-state index contributed by atoms with van der Waals surface area (Å²) in [7, 11) is 2.31. The van der Waals surface area contributed by atoms with Crippen LogP contribution in [0, 0.1) is 0 Å². The van der Waals surface area contributed by atoms with Crippen LogP contribution in [0.3, 0.4) is 0 Å². The number of likely N-dealkylation sites (N-methyl/N-ethyl adjacent to an activating group) is 1. The van der Waals surface area contributed by atoms with E-state index in [1.807, 2.05) is 6.92 Å². The summed E-state index contributed by atoms with van der Waals surface area (Å²) in [6.45, 7) is 43.0. The minimum atomic E-state index is -0.0557. The number of amides is 2. The molecule has 4 aliphatic rings. The van der Waals surface area contributed by atoms with Crippen LogP contribution in [0.15, 0.2) is 0 Å². The third-order valence-corrected chi connectivity index (χ3v) is 14.3. The van der Waals surface area contributed by atoms with Crippen molar-refractivity contribution in [1.29, 1.82) is 0 Å². The Kier molecular flexibility index (Phi) is 16.3. The zero-order valence-electron chi connectivity index (χ0n) is 42.6. The molecule has 0 saturated carbocycles. The standard InChI is InChI=1S/C50H98N8O2/c1-19-41(59)57(39-32-47(10,11)53-48(12,13)33-39)24-22-20-21-23-25-58(40-34-49(14,15)54-50(16,17)35-40)42(60)36-56(38-30-45(6,7)52-46(8,9)31-38)27-26-55(18)37-28-43(2,3)51-44(4,5)29-37/h37-40,51-54H,19-36H2,1-18H3. The van der Waals surface area contributed by atoms with Gasteiger partial charge >= 0.3 is 0 Å². The van der Waals surface area contributed by atoms with Crippen molar-refractivity contribution in [1.82, 2.24) is 40.9 Å². The van der Waals surface area contributed by atoms with E-state index in [0.717, 1.165) is 103 Å². The van der Waals surface area contributed by atoms with E-state index in [9.17, 15) is 4.79 Å². The van der Waals surface area contributed by atoms with Gasteiger partial charge in [0.25, 0.3) is 0 Å². The molecule has 0 unspecified atom stereocenters. The van der Waals surface area contributed by atoms with Gasteiger partial charge in [-0.2, -0.15) is 0 Å². The molecule has 2 amide bonds. The summed E-state index contributed by atoms with van der Waals surface area (Å²) in [4.78, 5) is 38.2. The van der Waals surface area contributed by atoms with Crippen molar-refractivity contribution < 1.29 is 9.59 Å². The molecule has 0 spiro atoms. The molecule has 4 N–H and O–H groups in total. The fourth-order valence-electron chi connectivity index (χ4n) is 13.4. The summed E-state index contributed by atoms with van der Waals surface area (Å²) < 4.78 is 0. The molecule has 10 nitrogen and oxygen atoms in total. The predicted molar refractivity (Wildman–Crippen MR) is 254 cm³/mol. The molecule has 0 aromatic heterocycles. The molecule has 0 bridgehead atoms. The lowest BCUT2D eigenvalue weighted by Gasteiger charge is -2.52. The molecule has 0 atom stereocenters. The first-order valence-corrected chi connectivity index (χ1v) is 24.4. The lowest BCUT2D eigenvalue weighted by Crippen LogP contribution is -2.65. The Bertz CT molecular complexity index is 1370. The van der Waals surface area contributed by atoms with Gasteiger partial charge in [0.2, 0.25) is 11.8 Å². The summed E-state index contributed by atoms with van der Waals surface area (Å²) in [6.07, 6.45) is 12.8. The predicted octanol–water partition coefficient (Wildman–Crippen LogP) is 8.08. The van der Waals surface area contributed by atoms with Crippen molar-refractivity contribution in [2.24, 2.45) is 0 Å². The van der Waals surface area contributed by atoms with Gasteiger partial charge in [0.05, 0.1) is 6.54 Å². The highest BCUT2D eigenvalue weighted by Crippen LogP contribution is 2.36. The third-order valence-electron chi connectivity index (χ3n) is 14.3.